The van der Waals surface area contributed by atoms with Crippen LogP contribution < -0.4 is 5.32 Å². The average molecular weight is 228 g/mol. The van der Waals surface area contributed by atoms with E-state index in [1.807, 2.05) is 6.07 Å². The standard InChI is InChI=1S/C15H20N2/c1-5-16-15-12-8-6-7-9-13(12)17-11(4)14(15)10(2)3/h6-10H,5H2,1-4H3,(H,16,17). The van der Waals surface area contributed by atoms with Gasteiger partial charge in [0, 0.05) is 23.3 Å². The molecule has 1 aromatic heterocycles. The Hall–Kier alpha value is -1.57. The molecule has 0 saturated heterocycles. The summed E-state index contributed by atoms with van der Waals surface area (Å²) in [5.41, 5.74) is 4.80. The van der Waals surface area contributed by atoms with E-state index in [1.54, 1.807) is 0 Å². The van der Waals surface area contributed by atoms with Gasteiger partial charge in [-0.2, -0.15) is 0 Å². The second-order valence-corrected chi connectivity index (χ2v) is 4.69. The van der Waals surface area contributed by atoms with Crippen molar-refractivity contribution >= 4 is 16.6 Å². The summed E-state index contributed by atoms with van der Waals surface area (Å²) in [7, 11) is 0. The van der Waals surface area contributed by atoms with E-state index in [0.717, 1.165) is 17.8 Å². The fourth-order valence-electron chi connectivity index (χ4n) is 2.42. The maximum Gasteiger partial charge on any atom is 0.0726 e. The summed E-state index contributed by atoms with van der Waals surface area (Å²) in [6.45, 7) is 9.61. The van der Waals surface area contributed by atoms with Crippen LogP contribution in [0.4, 0.5) is 5.69 Å². The van der Waals surface area contributed by atoms with Gasteiger partial charge in [-0.15, -0.1) is 0 Å². The number of anilines is 1. The summed E-state index contributed by atoms with van der Waals surface area (Å²) in [5, 5.41) is 4.73. The first-order chi connectivity index (χ1) is 8.15. The summed E-state index contributed by atoms with van der Waals surface area (Å²) in [5.74, 6) is 0.487. The third-order valence-corrected chi connectivity index (χ3v) is 3.05. The van der Waals surface area contributed by atoms with Crippen LogP contribution in [0.15, 0.2) is 24.3 Å². The molecule has 0 aliphatic carbocycles. The molecule has 0 unspecified atom stereocenters. The Bertz CT molecular complexity index is 530. The van der Waals surface area contributed by atoms with E-state index >= 15 is 0 Å². The fourth-order valence-corrected chi connectivity index (χ4v) is 2.42. The molecule has 17 heavy (non-hydrogen) atoms. The van der Waals surface area contributed by atoms with Gasteiger partial charge in [-0.05, 0) is 31.4 Å². The van der Waals surface area contributed by atoms with Gasteiger partial charge in [0.25, 0.3) is 0 Å². The molecule has 0 atom stereocenters. The van der Waals surface area contributed by atoms with Crippen LogP contribution in [0, 0.1) is 6.92 Å². The molecule has 1 aromatic carbocycles. The van der Waals surface area contributed by atoms with E-state index in [-0.39, 0.29) is 0 Å². The van der Waals surface area contributed by atoms with Crippen molar-refractivity contribution in [1.82, 2.24) is 4.98 Å². The summed E-state index contributed by atoms with van der Waals surface area (Å²) >= 11 is 0. The average Bonchev–Trinajstić information content (AvgIpc) is 2.28. The molecule has 0 aliphatic heterocycles. The number of para-hydroxylation sites is 1. The lowest BCUT2D eigenvalue weighted by atomic mass is 9.96. The van der Waals surface area contributed by atoms with Gasteiger partial charge in [0.2, 0.25) is 0 Å². The van der Waals surface area contributed by atoms with Gasteiger partial charge in [-0.25, -0.2) is 0 Å². The van der Waals surface area contributed by atoms with E-state index in [0.29, 0.717) is 5.92 Å². The maximum absolute atomic E-state index is 4.70. The van der Waals surface area contributed by atoms with E-state index in [9.17, 15) is 0 Å². The number of nitrogens with zero attached hydrogens (tertiary/aromatic N) is 1. The minimum atomic E-state index is 0.487. The van der Waals surface area contributed by atoms with Crippen molar-refractivity contribution in [3.05, 3.63) is 35.5 Å². The molecule has 2 nitrogen and oxygen atoms in total. The lowest BCUT2D eigenvalue weighted by Gasteiger charge is -2.18. The van der Waals surface area contributed by atoms with Gasteiger partial charge in [0.05, 0.1) is 5.52 Å². The highest BCUT2D eigenvalue weighted by Crippen LogP contribution is 2.33. The van der Waals surface area contributed by atoms with Crippen molar-refractivity contribution in [2.45, 2.75) is 33.6 Å². The molecular formula is C15H20N2. The third-order valence-electron chi connectivity index (χ3n) is 3.05. The summed E-state index contributed by atoms with van der Waals surface area (Å²) < 4.78 is 0. The predicted octanol–water partition coefficient (Wildman–Crippen LogP) is 4.10. The van der Waals surface area contributed by atoms with E-state index < -0.39 is 0 Å². The number of rotatable bonds is 3. The normalized spacial score (nSPS) is 11.1. The molecule has 0 bridgehead atoms. The van der Waals surface area contributed by atoms with Crippen molar-refractivity contribution in [3.63, 3.8) is 0 Å². The van der Waals surface area contributed by atoms with Crippen molar-refractivity contribution in [2.75, 3.05) is 11.9 Å². The Kier molecular flexibility index (Phi) is 3.32. The summed E-state index contributed by atoms with van der Waals surface area (Å²) in [6.07, 6.45) is 0. The van der Waals surface area contributed by atoms with Crippen LogP contribution in [-0.2, 0) is 0 Å². The highest BCUT2D eigenvalue weighted by Gasteiger charge is 2.14. The van der Waals surface area contributed by atoms with Gasteiger partial charge in [0.15, 0.2) is 0 Å². The SMILES string of the molecule is CCNc1c(C(C)C)c(C)nc2ccccc12. The van der Waals surface area contributed by atoms with Crippen molar-refractivity contribution in [2.24, 2.45) is 0 Å². The van der Waals surface area contributed by atoms with Crippen LogP contribution >= 0.6 is 0 Å². The van der Waals surface area contributed by atoms with Crippen molar-refractivity contribution in [3.8, 4) is 0 Å². The molecule has 90 valence electrons. The Labute approximate surface area is 103 Å². The first-order valence-corrected chi connectivity index (χ1v) is 6.28. The van der Waals surface area contributed by atoms with E-state index in [4.69, 9.17) is 4.98 Å². The largest absolute Gasteiger partial charge is 0.384 e. The number of hydrogen-bond donors (Lipinski definition) is 1. The molecule has 1 N–H and O–H groups in total. The monoisotopic (exact) mass is 228 g/mol. The molecule has 1 heterocycles. The first kappa shape index (κ1) is 11.9. The number of hydrogen-bond acceptors (Lipinski definition) is 2. The lowest BCUT2D eigenvalue weighted by Crippen LogP contribution is -2.06. The van der Waals surface area contributed by atoms with E-state index in [1.165, 1.54) is 16.6 Å². The predicted molar refractivity (Wildman–Crippen MR) is 74.7 cm³/mol. The molecule has 0 radical (unpaired) electrons. The topological polar surface area (TPSA) is 24.9 Å². The number of aromatic nitrogens is 1. The zero-order valence-electron chi connectivity index (χ0n) is 11.0. The zero-order chi connectivity index (χ0) is 12.4. The highest BCUT2D eigenvalue weighted by atomic mass is 14.9. The molecule has 0 amide bonds. The minimum Gasteiger partial charge on any atom is -0.384 e. The molecular weight excluding hydrogens is 208 g/mol. The molecule has 2 rings (SSSR count). The van der Waals surface area contributed by atoms with Crippen molar-refractivity contribution < 1.29 is 0 Å². The molecule has 0 spiro atoms. The van der Waals surface area contributed by atoms with Gasteiger partial charge in [-0.1, -0.05) is 32.0 Å². The highest BCUT2D eigenvalue weighted by molar-refractivity contribution is 5.93. The van der Waals surface area contributed by atoms with Gasteiger partial charge in [-0.3, -0.25) is 4.98 Å². The molecule has 0 saturated carbocycles. The second kappa shape index (κ2) is 4.74. The zero-order valence-corrected chi connectivity index (χ0v) is 11.0. The minimum absolute atomic E-state index is 0.487. The summed E-state index contributed by atoms with van der Waals surface area (Å²) in [6, 6.07) is 8.34. The number of benzene rings is 1. The molecule has 0 fully saturated rings. The molecule has 0 aliphatic rings. The van der Waals surface area contributed by atoms with Gasteiger partial charge in [0.1, 0.15) is 0 Å². The summed E-state index contributed by atoms with van der Waals surface area (Å²) in [4.78, 5) is 4.70. The number of fused-ring (bicyclic) bond motifs is 1. The Morgan fingerprint density at radius 2 is 1.94 bits per heavy atom. The fraction of sp³-hybridized carbons (Fsp3) is 0.400. The Morgan fingerprint density at radius 3 is 2.59 bits per heavy atom. The number of pyridine rings is 1. The maximum atomic E-state index is 4.70. The van der Waals surface area contributed by atoms with Crippen LogP contribution in [0.1, 0.15) is 37.9 Å². The van der Waals surface area contributed by atoms with Crippen LogP contribution in [0.3, 0.4) is 0 Å². The molecule has 2 heteroatoms. The first-order valence-electron chi connectivity index (χ1n) is 6.28. The van der Waals surface area contributed by atoms with Crippen LogP contribution in [0.2, 0.25) is 0 Å². The smallest absolute Gasteiger partial charge is 0.0726 e. The Balaban J connectivity index is 2.78. The number of nitrogens with one attached hydrogen (secondary N) is 1. The van der Waals surface area contributed by atoms with Crippen LogP contribution in [0.25, 0.3) is 10.9 Å². The second-order valence-electron chi connectivity index (χ2n) is 4.69. The van der Waals surface area contributed by atoms with Crippen LogP contribution in [0.5, 0.6) is 0 Å². The van der Waals surface area contributed by atoms with E-state index in [2.05, 4.69) is 51.2 Å². The lowest BCUT2D eigenvalue weighted by molar-refractivity contribution is 0.848. The molecule has 2 aromatic rings. The van der Waals surface area contributed by atoms with Crippen LogP contribution in [-0.4, -0.2) is 11.5 Å². The van der Waals surface area contributed by atoms with Crippen molar-refractivity contribution in [1.29, 1.82) is 0 Å². The number of aryl methyl sites for hydroxylation is 1. The third kappa shape index (κ3) is 2.12. The Morgan fingerprint density at radius 1 is 1.24 bits per heavy atom. The van der Waals surface area contributed by atoms with Gasteiger partial charge >= 0.3 is 0 Å². The van der Waals surface area contributed by atoms with Gasteiger partial charge < -0.3 is 5.32 Å². The quantitative estimate of drug-likeness (QED) is 0.855.